The van der Waals surface area contributed by atoms with E-state index < -0.39 is 5.91 Å². The molecule has 1 saturated heterocycles. The molecule has 1 aliphatic rings. The van der Waals surface area contributed by atoms with Gasteiger partial charge in [-0.05, 0) is 43.7 Å². The van der Waals surface area contributed by atoms with Crippen LogP contribution in [-0.2, 0) is 6.54 Å². The zero-order chi connectivity index (χ0) is 22.2. The largest absolute Gasteiger partial charge is 0.368 e. The summed E-state index contributed by atoms with van der Waals surface area (Å²) in [6.45, 7) is 8.47. The summed E-state index contributed by atoms with van der Waals surface area (Å²) in [5, 5.41) is 16.1. The maximum atomic E-state index is 11.8. The number of hydrogen-bond donors (Lipinski definition) is 3. The molecule has 2 aromatic heterocycles. The van der Waals surface area contributed by atoms with E-state index in [-0.39, 0.29) is 11.7 Å². The fourth-order valence-corrected chi connectivity index (χ4v) is 3.50. The highest BCUT2D eigenvalue weighted by molar-refractivity contribution is 5.93. The number of pyridine rings is 2. The Kier molecular flexibility index (Phi) is 7.35. The van der Waals surface area contributed by atoms with E-state index in [0.29, 0.717) is 12.4 Å². The monoisotopic (exact) mass is 422 g/mol. The molecule has 1 fully saturated rings. The second-order valence-corrected chi connectivity index (χ2v) is 7.16. The quantitative estimate of drug-likeness (QED) is 0.475. The van der Waals surface area contributed by atoms with Crippen LogP contribution in [0.15, 0.2) is 30.5 Å². The number of piperazine rings is 1. The SMILES string of the molecule is CCNC(=O)Nc1cc(CN2CCN(c3ccc(C(=O)NC#N)nc3C)CC2)ccn1. The number of nitrogens with one attached hydrogen (secondary N) is 3. The molecule has 0 aliphatic carbocycles. The van der Waals surface area contributed by atoms with Gasteiger partial charge in [0, 0.05) is 45.5 Å². The Labute approximate surface area is 181 Å². The zero-order valence-electron chi connectivity index (χ0n) is 17.7. The Morgan fingerprint density at radius 2 is 1.97 bits per heavy atom. The van der Waals surface area contributed by atoms with Crippen molar-refractivity contribution in [2.45, 2.75) is 20.4 Å². The number of aryl methyl sites for hydroxylation is 1. The van der Waals surface area contributed by atoms with Crippen molar-refractivity contribution in [1.82, 2.24) is 25.5 Å². The molecule has 0 radical (unpaired) electrons. The number of anilines is 2. The number of hydrogen-bond acceptors (Lipinski definition) is 7. The van der Waals surface area contributed by atoms with Crippen LogP contribution in [0.25, 0.3) is 0 Å². The highest BCUT2D eigenvalue weighted by atomic mass is 16.2. The van der Waals surface area contributed by atoms with E-state index in [1.807, 2.05) is 32.0 Å². The first-order valence-electron chi connectivity index (χ1n) is 10.1. The van der Waals surface area contributed by atoms with Crippen molar-refractivity contribution in [3.8, 4) is 6.19 Å². The molecule has 3 rings (SSSR count). The van der Waals surface area contributed by atoms with Gasteiger partial charge in [0.2, 0.25) is 0 Å². The first kappa shape index (κ1) is 22.0. The number of aromatic nitrogens is 2. The summed E-state index contributed by atoms with van der Waals surface area (Å²) in [6.07, 6.45) is 3.32. The maximum absolute atomic E-state index is 11.8. The second-order valence-electron chi connectivity index (χ2n) is 7.16. The summed E-state index contributed by atoms with van der Waals surface area (Å²) in [4.78, 5) is 36.6. The maximum Gasteiger partial charge on any atom is 0.320 e. The summed E-state index contributed by atoms with van der Waals surface area (Å²) < 4.78 is 0. The summed E-state index contributed by atoms with van der Waals surface area (Å²) in [5.74, 6) is 0.0321. The smallest absolute Gasteiger partial charge is 0.320 e. The van der Waals surface area contributed by atoms with Crippen LogP contribution in [0.3, 0.4) is 0 Å². The van der Waals surface area contributed by atoms with Crippen LogP contribution in [0.1, 0.15) is 28.7 Å². The van der Waals surface area contributed by atoms with Crippen molar-refractivity contribution in [2.75, 3.05) is 42.9 Å². The lowest BCUT2D eigenvalue weighted by Crippen LogP contribution is -2.46. The summed E-state index contributed by atoms with van der Waals surface area (Å²) in [5.41, 5.74) is 3.07. The van der Waals surface area contributed by atoms with Gasteiger partial charge in [-0.15, -0.1) is 0 Å². The fraction of sp³-hybridized carbons (Fsp3) is 0.381. The first-order chi connectivity index (χ1) is 15.0. The van der Waals surface area contributed by atoms with Crippen molar-refractivity contribution in [3.05, 3.63) is 47.4 Å². The van der Waals surface area contributed by atoms with Crippen molar-refractivity contribution < 1.29 is 9.59 Å². The molecule has 0 unspecified atom stereocenters. The van der Waals surface area contributed by atoms with Crippen molar-refractivity contribution in [1.29, 1.82) is 5.26 Å². The van der Waals surface area contributed by atoms with Crippen LogP contribution in [0, 0.1) is 18.4 Å². The van der Waals surface area contributed by atoms with Gasteiger partial charge in [-0.3, -0.25) is 20.3 Å². The van der Waals surface area contributed by atoms with Gasteiger partial charge in [0.15, 0.2) is 6.19 Å². The molecule has 0 bridgehead atoms. The molecule has 2 aromatic rings. The van der Waals surface area contributed by atoms with E-state index in [4.69, 9.17) is 5.26 Å². The van der Waals surface area contributed by atoms with Crippen LogP contribution >= 0.6 is 0 Å². The topological polar surface area (TPSA) is 126 Å². The number of carbonyl (C=O) groups is 2. The average Bonchev–Trinajstić information content (AvgIpc) is 2.75. The Bertz CT molecular complexity index is 980. The molecule has 3 amide bonds. The molecular weight excluding hydrogens is 396 g/mol. The summed E-state index contributed by atoms with van der Waals surface area (Å²) >= 11 is 0. The van der Waals surface area contributed by atoms with Gasteiger partial charge in [-0.1, -0.05) is 0 Å². The van der Waals surface area contributed by atoms with Crippen molar-refractivity contribution >= 4 is 23.4 Å². The Morgan fingerprint density at radius 3 is 2.65 bits per heavy atom. The lowest BCUT2D eigenvalue weighted by Gasteiger charge is -2.36. The number of rotatable bonds is 6. The highest BCUT2D eigenvalue weighted by Crippen LogP contribution is 2.21. The number of carbonyl (C=O) groups excluding carboxylic acids is 2. The number of nitrogens with zero attached hydrogens (tertiary/aromatic N) is 5. The molecule has 0 saturated carbocycles. The Morgan fingerprint density at radius 1 is 1.19 bits per heavy atom. The molecule has 3 N–H and O–H groups in total. The predicted molar refractivity (Wildman–Crippen MR) is 116 cm³/mol. The Balaban J connectivity index is 1.56. The van der Waals surface area contributed by atoms with E-state index in [9.17, 15) is 9.59 Å². The summed E-state index contributed by atoms with van der Waals surface area (Å²) in [6, 6.07) is 7.10. The average molecular weight is 422 g/mol. The van der Waals surface area contributed by atoms with Gasteiger partial charge in [0.25, 0.3) is 5.91 Å². The molecule has 10 heteroatoms. The van der Waals surface area contributed by atoms with Crippen LogP contribution in [0.5, 0.6) is 0 Å². The third kappa shape index (κ3) is 5.90. The third-order valence-electron chi connectivity index (χ3n) is 4.98. The van der Waals surface area contributed by atoms with Gasteiger partial charge >= 0.3 is 6.03 Å². The van der Waals surface area contributed by atoms with E-state index in [0.717, 1.165) is 49.7 Å². The normalized spacial score (nSPS) is 13.9. The second kappa shape index (κ2) is 10.4. The number of amides is 3. The van der Waals surface area contributed by atoms with Gasteiger partial charge in [-0.25, -0.2) is 14.8 Å². The lowest BCUT2D eigenvalue weighted by atomic mass is 10.2. The number of urea groups is 1. The van der Waals surface area contributed by atoms with Crippen molar-refractivity contribution in [2.24, 2.45) is 0 Å². The molecule has 31 heavy (non-hydrogen) atoms. The van der Waals surface area contributed by atoms with Crippen LogP contribution in [0.4, 0.5) is 16.3 Å². The summed E-state index contributed by atoms with van der Waals surface area (Å²) in [7, 11) is 0. The van der Waals surface area contributed by atoms with Gasteiger partial charge in [-0.2, -0.15) is 5.26 Å². The van der Waals surface area contributed by atoms with E-state index >= 15 is 0 Å². The molecule has 0 spiro atoms. The minimum absolute atomic E-state index is 0.233. The van der Waals surface area contributed by atoms with E-state index in [1.54, 1.807) is 18.5 Å². The Hall–Kier alpha value is -3.71. The minimum Gasteiger partial charge on any atom is -0.368 e. The van der Waals surface area contributed by atoms with E-state index in [1.165, 1.54) is 0 Å². The first-order valence-corrected chi connectivity index (χ1v) is 10.1. The minimum atomic E-state index is -0.500. The van der Waals surface area contributed by atoms with Gasteiger partial charge in [0.1, 0.15) is 11.5 Å². The standard InChI is InChI=1S/C21H26N8O2/c1-3-23-21(31)27-19-12-16(6-7-24-19)13-28-8-10-29(11-9-28)18-5-4-17(26-15(18)2)20(30)25-14-22/h4-7,12H,3,8-11,13H2,1-2H3,(H,25,30)(H2,23,24,27,31). The van der Waals surface area contributed by atoms with Crippen molar-refractivity contribution in [3.63, 3.8) is 0 Å². The van der Waals surface area contributed by atoms with Gasteiger partial charge in [0.05, 0.1) is 11.4 Å². The predicted octanol–water partition coefficient (Wildman–Crippen LogP) is 1.46. The zero-order valence-corrected chi connectivity index (χ0v) is 17.7. The molecule has 162 valence electrons. The molecule has 1 aliphatic heterocycles. The molecule has 10 nitrogen and oxygen atoms in total. The van der Waals surface area contributed by atoms with Crippen LogP contribution < -0.4 is 20.9 Å². The van der Waals surface area contributed by atoms with Crippen LogP contribution in [-0.4, -0.2) is 59.5 Å². The third-order valence-corrected chi connectivity index (χ3v) is 4.98. The molecule has 0 atom stereocenters. The molecule has 3 heterocycles. The highest BCUT2D eigenvalue weighted by Gasteiger charge is 2.20. The molecule has 0 aromatic carbocycles. The van der Waals surface area contributed by atoms with Gasteiger partial charge < -0.3 is 10.2 Å². The number of nitriles is 1. The van der Waals surface area contributed by atoms with Crippen LogP contribution in [0.2, 0.25) is 0 Å². The fourth-order valence-electron chi connectivity index (χ4n) is 3.50. The lowest BCUT2D eigenvalue weighted by molar-refractivity contribution is 0.0968. The van der Waals surface area contributed by atoms with E-state index in [2.05, 4.69) is 35.7 Å². The molecular formula is C21H26N8O2.